The first-order valence-electron chi connectivity index (χ1n) is 5.37. The third kappa shape index (κ3) is 2.33. The number of nitrogens with zero attached hydrogens (tertiary/aromatic N) is 1. The number of benzene rings is 1. The normalized spacial score (nSPS) is 15.4. The molecule has 0 heterocycles. The predicted octanol–water partition coefficient (Wildman–Crippen LogP) is 3.71. The second kappa shape index (κ2) is 4.52. The minimum Gasteiger partial charge on any atom is -0.366 e. The molecule has 1 fully saturated rings. The van der Waals surface area contributed by atoms with Gasteiger partial charge in [-0.15, -0.1) is 0 Å². The van der Waals surface area contributed by atoms with Gasteiger partial charge in [-0.2, -0.15) is 0 Å². The van der Waals surface area contributed by atoms with Crippen molar-refractivity contribution in [3.8, 4) is 0 Å². The zero-order chi connectivity index (χ0) is 10.8. The van der Waals surface area contributed by atoms with Crippen LogP contribution in [0.15, 0.2) is 18.2 Å². The Labute approximate surface area is 98.4 Å². The minimum absolute atomic E-state index is 0.0966. The van der Waals surface area contributed by atoms with Crippen molar-refractivity contribution in [1.82, 2.24) is 0 Å². The van der Waals surface area contributed by atoms with Crippen molar-refractivity contribution in [2.75, 3.05) is 11.4 Å². The van der Waals surface area contributed by atoms with Crippen molar-refractivity contribution in [1.29, 1.82) is 0 Å². The van der Waals surface area contributed by atoms with E-state index in [1.54, 1.807) is 6.07 Å². The first kappa shape index (κ1) is 10.9. The van der Waals surface area contributed by atoms with Gasteiger partial charge in [0.2, 0.25) is 0 Å². The van der Waals surface area contributed by atoms with E-state index in [0.29, 0.717) is 11.4 Å². The molecule has 0 aliphatic heterocycles. The Hall–Kier alpha value is -0.570. The lowest BCUT2D eigenvalue weighted by Gasteiger charge is -2.23. The summed E-state index contributed by atoms with van der Waals surface area (Å²) in [6.07, 6.45) is 2.40. The summed E-state index contributed by atoms with van der Waals surface area (Å²) >= 11 is 3.33. The lowest BCUT2D eigenvalue weighted by atomic mass is 10.2. The van der Waals surface area contributed by atoms with E-state index in [4.69, 9.17) is 0 Å². The molecule has 0 N–H and O–H groups in total. The van der Waals surface area contributed by atoms with Crippen LogP contribution >= 0.6 is 15.9 Å². The third-order valence-electron chi connectivity index (χ3n) is 2.80. The maximum absolute atomic E-state index is 13.8. The summed E-state index contributed by atoms with van der Waals surface area (Å²) in [5.41, 5.74) is 1.74. The van der Waals surface area contributed by atoms with Crippen molar-refractivity contribution in [2.24, 2.45) is 0 Å². The zero-order valence-corrected chi connectivity index (χ0v) is 10.4. The average molecular weight is 272 g/mol. The lowest BCUT2D eigenvalue weighted by Crippen LogP contribution is -2.25. The molecule has 2 rings (SSSR count). The lowest BCUT2D eigenvalue weighted by molar-refractivity contribution is 0.616. The second-order valence-corrected chi connectivity index (χ2v) is 4.50. The highest BCUT2D eigenvalue weighted by Crippen LogP contribution is 2.33. The molecule has 0 radical (unpaired) electrons. The van der Waals surface area contributed by atoms with E-state index in [-0.39, 0.29) is 5.82 Å². The summed E-state index contributed by atoms with van der Waals surface area (Å²) in [6.45, 7) is 2.96. The summed E-state index contributed by atoms with van der Waals surface area (Å²) in [5.74, 6) is -0.0966. The van der Waals surface area contributed by atoms with Crippen LogP contribution < -0.4 is 4.90 Å². The number of halogens is 2. The molecule has 1 aliphatic rings. The molecule has 15 heavy (non-hydrogen) atoms. The van der Waals surface area contributed by atoms with Gasteiger partial charge in [0.25, 0.3) is 0 Å². The van der Waals surface area contributed by atoms with Crippen molar-refractivity contribution in [3.05, 3.63) is 29.6 Å². The summed E-state index contributed by atoms with van der Waals surface area (Å²) in [4.78, 5) is 2.16. The van der Waals surface area contributed by atoms with Gasteiger partial charge in [0.15, 0.2) is 0 Å². The highest BCUT2D eigenvalue weighted by Gasteiger charge is 2.29. The van der Waals surface area contributed by atoms with Crippen molar-refractivity contribution < 1.29 is 4.39 Å². The molecule has 0 spiro atoms. The van der Waals surface area contributed by atoms with Crippen LogP contribution in [0.1, 0.15) is 25.3 Å². The molecule has 0 atom stereocenters. The van der Waals surface area contributed by atoms with E-state index in [1.165, 1.54) is 12.8 Å². The molecule has 1 nitrogen and oxygen atoms in total. The summed E-state index contributed by atoms with van der Waals surface area (Å²) in [5, 5.41) is 0.708. The van der Waals surface area contributed by atoms with Gasteiger partial charge in [-0.1, -0.05) is 22.0 Å². The topological polar surface area (TPSA) is 3.24 Å². The van der Waals surface area contributed by atoms with Crippen molar-refractivity contribution in [3.63, 3.8) is 0 Å². The van der Waals surface area contributed by atoms with Crippen LogP contribution in [-0.4, -0.2) is 12.6 Å². The van der Waals surface area contributed by atoms with Crippen molar-refractivity contribution >= 4 is 21.6 Å². The molecule has 3 heteroatoms. The van der Waals surface area contributed by atoms with Gasteiger partial charge in [0.1, 0.15) is 5.82 Å². The van der Waals surface area contributed by atoms with Gasteiger partial charge in [-0.05, 0) is 37.5 Å². The molecule has 82 valence electrons. The monoisotopic (exact) mass is 271 g/mol. The fraction of sp³-hybridized carbons (Fsp3) is 0.500. The molecule has 1 saturated carbocycles. The SMILES string of the molecule is CCN(c1ccc(CBr)cc1F)C1CC1. The highest BCUT2D eigenvalue weighted by atomic mass is 79.9. The fourth-order valence-electron chi connectivity index (χ4n) is 1.88. The molecular weight excluding hydrogens is 257 g/mol. The van der Waals surface area contributed by atoms with Crippen molar-refractivity contribution in [2.45, 2.75) is 31.1 Å². The van der Waals surface area contributed by atoms with E-state index in [2.05, 4.69) is 27.8 Å². The van der Waals surface area contributed by atoms with Gasteiger partial charge in [0.05, 0.1) is 5.69 Å². The molecule has 0 saturated heterocycles. The molecule has 1 aromatic carbocycles. The average Bonchev–Trinajstić information content (AvgIpc) is 3.05. The summed E-state index contributed by atoms with van der Waals surface area (Å²) in [6, 6.07) is 6.07. The number of anilines is 1. The molecule has 0 amide bonds. The standard InChI is InChI=1S/C12H15BrFN/c1-2-15(10-4-5-10)12-6-3-9(8-13)7-11(12)14/h3,6-7,10H,2,4-5,8H2,1H3. The number of rotatable bonds is 4. The summed E-state index contributed by atoms with van der Waals surface area (Å²) < 4.78 is 13.8. The highest BCUT2D eigenvalue weighted by molar-refractivity contribution is 9.08. The van der Waals surface area contributed by atoms with Gasteiger partial charge in [-0.3, -0.25) is 0 Å². The van der Waals surface area contributed by atoms with Crippen LogP contribution in [0.5, 0.6) is 0 Å². The minimum atomic E-state index is -0.0966. The first-order valence-corrected chi connectivity index (χ1v) is 6.49. The number of alkyl halides is 1. The van der Waals surface area contributed by atoms with Gasteiger partial charge in [0, 0.05) is 17.9 Å². The maximum Gasteiger partial charge on any atom is 0.146 e. The van der Waals surface area contributed by atoms with Crippen LogP contribution in [-0.2, 0) is 5.33 Å². The van der Waals surface area contributed by atoms with Gasteiger partial charge < -0.3 is 4.90 Å². The Kier molecular flexibility index (Phi) is 3.29. The Balaban J connectivity index is 2.26. The van der Waals surface area contributed by atoms with Gasteiger partial charge >= 0.3 is 0 Å². The molecular formula is C12H15BrFN. The second-order valence-electron chi connectivity index (χ2n) is 3.94. The quantitative estimate of drug-likeness (QED) is 0.755. The van der Waals surface area contributed by atoms with E-state index in [1.807, 2.05) is 12.1 Å². The molecule has 1 aliphatic carbocycles. The molecule has 1 aromatic rings. The predicted molar refractivity (Wildman–Crippen MR) is 65.1 cm³/mol. The Morgan fingerprint density at radius 3 is 2.67 bits per heavy atom. The molecule has 0 aromatic heterocycles. The third-order valence-corrected chi connectivity index (χ3v) is 3.45. The first-order chi connectivity index (χ1) is 7.26. The Morgan fingerprint density at radius 1 is 1.47 bits per heavy atom. The number of hydrogen-bond donors (Lipinski definition) is 0. The Morgan fingerprint density at radius 2 is 2.20 bits per heavy atom. The smallest absolute Gasteiger partial charge is 0.146 e. The Bertz CT molecular complexity index is 349. The molecule has 0 unspecified atom stereocenters. The van der Waals surface area contributed by atoms with Crippen LogP contribution in [0, 0.1) is 5.82 Å². The van der Waals surface area contributed by atoms with Crippen LogP contribution in [0.25, 0.3) is 0 Å². The van der Waals surface area contributed by atoms with Gasteiger partial charge in [-0.25, -0.2) is 4.39 Å². The largest absolute Gasteiger partial charge is 0.366 e. The maximum atomic E-state index is 13.8. The van der Waals surface area contributed by atoms with Crippen LogP contribution in [0.4, 0.5) is 10.1 Å². The van der Waals surface area contributed by atoms with E-state index in [0.717, 1.165) is 17.8 Å². The van der Waals surface area contributed by atoms with Crippen LogP contribution in [0.2, 0.25) is 0 Å². The summed E-state index contributed by atoms with van der Waals surface area (Å²) in [7, 11) is 0. The molecule has 0 bridgehead atoms. The fourth-order valence-corrected chi connectivity index (χ4v) is 2.23. The zero-order valence-electron chi connectivity index (χ0n) is 8.84. The van der Waals surface area contributed by atoms with Crippen LogP contribution in [0.3, 0.4) is 0 Å². The van der Waals surface area contributed by atoms with E-state index in [9.17, 15) is 4.39 Å². The van der Waals surface area contributed by atoms with E-state index >= 15 is 0 Å². The number of hydrogen-bond acceptors (Lipinski definition) is 1. The van der Waals surface area contributed by atoms with E-state index < -0.39 is 0 Å².